The molecule has 0 amide bonds. The van der Waals surface area contributed by atoms with E-state index in [9.17, 15) is 8.42 Å². The Labute approximate surface area is 129 Å². The lowest BCUT2D eigenvalue weighted by molar-refractivity contribution is 0.551. The molecule has 0 aromatic carbocycles. The molecule has 1 rings (SSSR count). The quantitative estimate of drug-likeness (QED) is 0.735. The molecule has 0 radical (unpaired) electrons. The fourth-order valence-electron chi connectivity index (χ4n) is 1.99. The molecule has 0 unspecified atom stereocenters. The third-order valence-corrected chi connectivity index (χ3v) is 4.75. The summed E-state index contributed by atoms with van der Waals surface area (Å²) in [5.74, 6) is 0.485. The first-order valence-corrected chi connectivity index (χ1v) is 9.16. The van der Waals surface area contributed by atoms with Crippen molar-refractivity contribution in [2.24, 2.45) is 5.92 Å². The predicted octanol–water partition coefficient (Wildman–Crippen LogP) is 2.33. The standard InChI is InChI=1S/C15H29N3O2S/c1-6-18-11-15(9-14(18)10-16-13(4)5)21(19,20)17-8-7-12(2)3/h9,11-13,16-17H,6-8,10H2,1-5H3. The Morgan fingerprint density at radius 3 is 2.43 bits per heavy atom. The molecule has 1 heterocycles. The summed E-state index contributed by atoms with van der Waals surface area (Å²) in [6, 6.07) is 2.13. The van der Waals surface area contributed by atoms with Gasteiger partial charge in [-0.25, -0.2) is 13.1 Å². The van der Waals surface area contributed by atoms with E-state index in [2.05, 4.69) is 37.7 Å². The maximum Gasteiger partial charge on any atom is 0.242 e. The summed E-state index contributed by atoms with van der Waals surface area (Å²) in [6.07, 6.45) is 2.56. The minimum atomic E-state index is -3.40. The van der Waals surface area contributed by atoms with Crippen LogP contribution in [-0.2, 0) is 23.1 Å². The zero-order chi connectivity index (χ0) is 16.0. The molecule has 5 nitrogen and oxygen atoms in total. The summed E-state index contributed by atoms with van der Waals surface area (Å²) in [7, 11) is -3.40. The van der Waals surface area contributed by atoms with E-state index in [4.69, 9.17) is 0 Å². The largest absolute Gasteiger partial charge is 0.349 e. The van der Waals surface area contributed by atoms with Crippen molar-refractivity contribution >= 4 is 10.0 Å². The van der Waals surface area contributed by atoms with Gasteiger partial charge >= 0.3 is 0 Å². The highest BCUT2D eigenvalue weighted by atomic mass is 32.2. The van der Waals surface area contributed by atoms with Crippen LogP contribution in [0.1, 0.15) is 46.7 Å². The lowest BCUT2D eigenvalue weighted by Gasteiger charge is -2.09. The first-order chi connectivity index (χ1) is 9.76. The summed E-state index contributed by atoms with van der Waals surface area (Å²) < 4.78 is 29.2. The van der Waals surface area contributed by atoms with E-state index < -0.39 is 10.0 Å². The van der Waals surface area contributed by atoms with E-state index in [1.807, 2.05) is 11.5 Å². The maximum absolute atomic E-state index is 12.3. The second-order valence-electron chi connectivity index (χ2n) is 6.07. The van der Waals surface area contributed by atoms with E-state index >= 15 is 0 Å². The molecule has 21 heavy (non-hydrogen) atoms. The van der Waals surface area contributed by atoms with Gasteiger partial charge in [0.25, 0.3) is 0 Å². The van der Waals surface area contributed by atoms with E-state index in [1.165, 1.54) is 0 Å². The van der Waals surface area contributed by atoms with Crippen LogP contribution in [0, 0.1) is 5.92 Å². The van der Waals surface area contributed by atoms with E-state index in [1.54, 1.807) is 12.3 Å². The highest BCUT2D eigenvalue weighted by Gasteiger charge is 2.17. The van der Waals surface area contributed by atoms with Crippen LogP contribution in [0.15, 0.2) is 17.2 Å². The average molecular weight is 315 g/mol. The number of aryl methyl sites for hydroxylation is 1. The zero-order valence-electron chi connectivity index (χ0n) is 13.8. The smallest absolute Gasteiger partial charge is 0.242 e. The fourth-order valence-corrected chi connectivity index (χ4v) is 3.10. The normalized spacial score (nSPS) is 12.5. The first kappa shape index (κ1) is 18.2. The van der Waals surface area contributed by atoms with Crippen LogP contribution < -0.4 is 10.0 Å². The Morgan fingerprint density at radius 1 is 1.24 bits per heavy atom. The van der Waals surface area contributed by atoms with Gasteiger partial charge in [0, 0.05) is 37.6 Å². The molecule has 2 N–H and O–H groups in total. The van der Waals surface area contributed by atoms with Crippen LogP contribution in [0.2, 0.25) is 0 Å². The minimum Gasteiger partial charge on any atom is -0.349 e. The van der Waals surface area contributed by atoms with Crippen LogP contribution in [0.25, 0.3) is 0 Å². The van der Waals surface area contributed by atoms with Crippen molar-refractivity contribution in [3.05, 3.63) is 18.0 Å². The van der Waals surface area contributed by atoms with Crippen molar-refractivity contribution in [2.75, 3.05) is 6.54 Å². The molecule has 1 aromatic heterocycles. The summed E-state index contributed by atoms with van der Waals surface area (Å²) in [5, 5.41) is 3.32. The van der Waals surface area contributed by atoms with Crippen molar-refractivity contribution in [1.82, 2.24) is 14.6 Å². The summed E-state index contributed by atoms with van der Waals surface area (Å²) in [6.45, 7) is 12.2. The van der Waals surface area contributed by atoms with Gasteiger partial charge in [-0.05, 0) is 25.3 Å². The van der Waals surface area contributed by atoms with Gasteiger partial charge in [0.15, 0.2) is 0 Å². The Morgan fingerprint density at radius 2 is 1.90 bits per heavy atom. The van der Waals surface area contributed by atoms with E-state index in [-0.39, 0.29) is 0 Å². The number of nitrogens with zero attached hydrogens (tertiary/aromatic N) is 1. The highest BCUT2D eigenvalue weighted by molar-refractivity contribution is 7.89. The summed E-state index contributed by atoms with van der Waals surface area (Å²) >= 11 is 0. The van der Waals surface area contributed by atoms with Gasteiger partial charge in [-0.15, -0.1) is 0 Å². The number of rotatable bonds is 9. The van der Waals surface area contributed by atoms with Crippen LogP contribution in [0.3, 0.4) is 0 Å². The van der Waals surface area contributed by atoms with Crippen molar-refractivity contribution in [2.45, 2.75) is 65.1 Å². The molecule has 122 valence electrons. The third kappa shape index (κ3) is 5.80. The molecule has 6 heteroatoms. The van der Waals surface area contributed by atoms with Crippen molar-refractivity contribution in [1.29, 1.82) is 0 Å². The summed E-state index contributed by atoms with van der Waals surface area (Å²) in [4.78, 5) is 0.355. The lowest BCUT2D eigenvalue weighted by atomic mass is 10.1. The van der Waals surface area contributed by atoms with Gasteiger partial charge in [-0.3, -0.25) is 0 Å². The van der Waals surface area contributed by atoms with Gasteiger partial charge in [0.2, 0.25) is 10.0 Å². The second-order valence-corrected chi connectivity index (χ2v) is 7.84. The highest BCUT2D eigenvalue weighted by Crippen LogP contribution is 2.15. The van der Waals surface area contributed by atoms with E-state index in [0.29, 0.717) is 29.9 Å². The van der Waals surface area contributed by atoms with Gasteiger partial charge in [0.05, 0.1) is 4.90 Å². The zero-order valence-corrected chi connectivity index (χ0v) is 14.6. The summed E-state index contributed by atoms with van der Waals surface area (Å²) in [5.41, 5.74) is 0.996. The Balaban J connectivity index is 2.82. The molecule has 0 fully saturated rings. The van der Waals surface area contributed by atoms with Gasteiger partial charge in [-0.2, -0.15) is 0 Å². The van der Waals surface area contributed by atoms with Crippen molar-refractivity contribution in [3.63, 3.8) is 0 Å². The minimum absolute atomic E-state index is 0.355. The monoisotopic (exact) mass is 315 g/mol. The van der Waals surface area contributed by atoms with Crippen LogP contribution in [0.4, 0.5) is 0 Å². The topological polar surface area (TPSA) is 63.1 Å². The number of hydrogen-bond acceptors (Lipinski definition) is 3. The molecule has 0 atom stereocenters. The first-order valence-electron chi connectivity index (χ1n) is 7.68. The van der Waals surface area contributed by atoms with Crippen LogP contribution in [0.5, 0.6) is 0 Å². The van der Waals surface area contributed by atoms with Gasteiger partial charge < -0.3 is 9.88 Å². The Bertz CT molecular complexity index is 533. The van der Waals surface area contributed by atoms with Crippen molar-refractivity contribution in [3.8, 4) is 0 Å². The van der Waals surface area contributed by atoms with Crippen LogP contribution >= 0.6 is 0 Å². The number of hydrogen-bond donors (Lipinski definition) is 2. The van der Waals surface area contributed by atoms with Crippen molar-refractivity contribution < 1.29 is 8.42 Å². The van der Waals surface area contributed by atoms with Crippen LogP contribution in [-0.4, -0.2) is 25.6 Å². The van der Waals surface area contributed by atoms with E-state index in [0.717, 1.165) is 18.7 Å². The predicted molar refractivity (Wildman–Crippen MR) is 86.7 cm³/mol. The number of aromatic nitrogens is 1. The molecule has 0 saturated heterocycles. The average Bonchev–Trinajstić information content (AvgIpc) is 2.79. The van der Waals surface area contributed by atoms with Gasteiger partial charge in [-0.1, -0.05) is 27.7 Å². The molecule has 0 spiro atoms. The molecular weight excluding hydrogens is 286 g/mol. The molecule has 0 saturated carbocycles. The SMILES string of the molecule is CCn1cc(S(=O)(=O)NCCC(C)C)cc1CNC(C)C. The maximum atomic E-state index is 12.3. The van der Waals surface area contributed by atoms with Gasteiger partial charge in [0.1, 0.15) is 0 Å². The molecule has 0 aliphatic rings. The molecule has 0 bridgehead atoms. The fraction of sp³-hybridized carbons (Fsp3) is 0.733. The molecule has 0 aliphatic carbocycles. The molecule has 0 aliphatic heterocycles. The Hall–Kier alpha value is -0.850. The molecular formula is C15H29N3O2S. The number of nitrogens with one attached hydrogen (secondary N) is 2. The third-order valence-electron chi connectivity index (χ3n) is 3.32. The Kier molecular flexibility index (Phi) is 6.90. The lowest BCUT2D eigenvalue weighted by Crippen LogP contribution is -2.25. The molecule has 1 aromatic rings. The number of sulfonamides is 1. The second kappa shape index (κ2) is 7.96.